The first-order chi connectivity index (χ1) is 13.3. The van der Waals surface area contributed by atoms with Crippen LogP contribution in [0.2, 0.25) is 0 Å². The zero-order valence-electron chi connectivity index (χ0n) is 14.1. The number of rotatable bonds is 3. The molecule has 3 aromatic heterocycles. The number of aromatic nitrogens is 5. The van der Waals surface area contributed by atoms with Crippen LogP contribution in [0.1, 0.15) is 24.4 Å². The lowest BCUT2D eigenvalue weighted by atomic mass is 10.0. The Balaban J connectivity index is 1.65. The van der Waals surface area contributed by atoms with E-state index >= 15 is 0 Å². The van der Waals surface area contributed by atoms with E-state index in [4.69, 9.17) is 4.74 Å². The van der Waals surface area contributed by atoms with Crippen LogP contribution in [0.5, 0.6) is 0 Å². The van der Waals surface area contributed by atoms with Gasteiger partial charge in [0.05, 0.1) is 29.4 Å². The Bertz CT molecular complexity index is 1040. The van der Waals surface area contributed by atoms with Crippen LogP contribution in [0.25, 0.3) is 11.4 Å². The van der Waals surface area contributed by atoms with Crippen LogP contribution in [-0.2, 0) is 10.9 Å². The molecule has 0 spiro atoms. The molecule has 0 radical (unpaired) electrons. The summed E-state index contributed by atoms with van der Waals surface area (Å²) in [6, 6.07) is 2.22. The third-order valence-corrected chi connectivity index (χ3v) is 4.84. The van der Waals surface area contributed by atoms with Crippen molar-refractivity contribution < 1.29 is 22.4 Å². The maximum atomic E-state index is 12.7. The summed E-state index contributed by atoms with van der Waals surface area (Å²) in [6.07, 6.45) is 0.886. The van der Waals surface area contributed by atoms with E-state index in [-0.39, 0.29) is 23.5 Å². The lowest BCUT2D eigenvalue weighted by molar-refractivity contribution is -0.159. The highest BCUT2D eigenvalue weighted by Crippen LogP contribution is 2.31. The van der Waals surface area contributed by atoms with E-state index in [1.807, 2.05) is 6.20 Å². The van der Waals surface area contributed by atoms with Gasteiger partial charge in [-0.3, -0.25) is 9.48 Å². The zero-order valence-corrected chi connectivity index (χ0v) is 15.7. The standard InChI is InChI=1S/C16H13BrF3N5O3/c17-10-6-21-25(7-10)11-2-4-27-8-12(11)24-3-1-9(5-13(24)26)14-22-15(28-23-14)16(18,19)20/h1,3,5-7,11-12H,2,4,8H2. The molecule has 1 saturated heterocycles. The first-order valence-electron chi connectivity index (χ1n) is 8.24. The smallest absolute Gasteiger partial charge is 0.379 e. The normalized spacial score (nSPS) is 20.4. The van der Waals surface area contributed by atoms with Gasteiger partial charge in [0.1, 0.15) is 0 Å². The van der Waals surface area contributed by atoms with Crippen molar-refractivity contribution in [2.45, 2.75) is 24.7 Å². The van der Waals surface area contributed by atoms with Gasteiger partial charge in [0.2, 0.25) is 5.82 Å². The molecule has 1 aliphatic rings. The molecule has 8 nitrogen and oxygen atoms in total. The van der Waals surface area contributed by atoms with Gasteiger partial charge >= 0.3 is 12.1 Å². The average Bonchev–Trinajstić information content (AvgIpc) is 3.31. The summed E-state index contributed by atoms with van der Waals surface area (Å²) in [7, 11) is 0. The van der Waals surface area contributed by atoms with E-state index in [1.54, 1.807) is 10.9 Å². The Kier molecular flexibility index (Phi) is 4.83. The van der Waals surface area contributed by atoms with Crippen LogP contribution in [0.15, 0.2) is 44.5 Å². The summed E-state index contributed by atoms with van der Waals surface area (Å²) >= 11 is 3.35. The highest BCUT2D eigenvalue weighted by molar-refractivity contribution is 9.10. The third-order valence-electron chi connectivity index (χ3n) is 4.43. The molecule has 12 heteroatoms. The molecular weight excluding hydrogens is 447 g/mol. The molecule has 148 valence electrons. The van der Waals surface area contributed by atoms with Crippen molar-refractivity contribution in [3.05, 3.63) is 51.4 Å². The summed E-state index contributed by atoms with van der Waals surface area (Å²) < 4.78 is 51.7. The topological polar surface area (TPSA) is 88.0 Å². The number of halogens is 4. The lowest BCUT2D eigenvalue weighted by Crippen LogP contribution is -2.37. The highest BCUT2D eigenvalue weighted by Gasteiger charge is 2.38. The summed E-state index contributed by atoms with van der Waals surface area (Å²) in [5.74, 6) is -1.76. The molecule has 2 unspecified atom stereocenters. The van der Waals surface area contributed by atoms with Gasteiger partial charge < -0.3 is 13.8 Å². The molecule has 28 heavy (non-hydrogen) atoms. The Morgan fingerprint density at radius 2 is 2.11 bits per heavy atom. The second-order valence-corrected chi connectivity index (χ2v) is 7.13. The van der Waals surface area contributed by atoms with Crippen molar-refractivity contribution in [3.63, 3.8) is 0 Å². The van der Waals surface area contributed by atoms with Gasteiger partial charge in [-0.05, 0) is 28.4 Å². The summed E-state index contributed by atoms with van der Waals surface area (Å²) in [5, 5.41) is 7.60. The Morgan fingerprint density at radius 3 is 2.75 bits per heavy atom. The third kappa shape index (κ3) is 3.61. The largest absolute Gasteiger partial charge is 0.471 e. The fraction of sp³-hybridized carbons (Fsp3) is 0.375. The highest BCUT2D eigenvalue weighted by atomic mass is 79.9. The maximum absolute atomic E-state index is 12.7. The first kappa shape index (κ1) is 18.9. The van der Waals surface area contributed by atoms with Gasteiger partial charge in [0, 0.05) is 30.6 Å². The molecule has 0 N–H and O–H groups in total. The van der Waals surface area contributed by atoms with E-state index < -0.39 is 17.6 Å². The number of hydrogen-bond acceptors (Lipinski definition) is 6. The zero-order chi connectivity index (χ0) is 19.9. The Hall–Kier alpha value is -2.47. The summed E-state index contributed by atoms with van der Waals surface area (Å²) in [4.78, 5) is 16.0. The van der Waals surface area contributed by atoms with Crippen molar-refractivity contribution in [3.8, 4) is 11.4 Å². The first-order valence-corrected chi connectivity index (χ1v) is 9.03. The van der Waals surface area contributed by atoms with Crippen LogP contribution in [-0.4, -0.2) is 37.7 Å². The van der Waals surface area contributed by atoms with Gasteiger partial charge in [-0.25, -0.2) is 0 Å². The fourth-order valence-electron chi connectivity index (χ4n) is 3.14. The van der Waals surface area contributed by atoms with Gasteiger partial charge in [-0.1, -0.05) is 5.16 Å². The summed E-state index contributed by atoms with van der Waals surface area (Å²) in [5.41, 5.74) is -0.279. The van der Waals surface area contributed by atoms with Crippen LogP contribution < -0.4 is 5.56 Å². The molecule has 0 amide bonds. The molecule has 1 fully saturated rings. The average molecular weight is 460 g/mol. The molecule has 1 aliphatic heterocycles. The molecule has 2 atom stereocenters. The van der Waals surface area contributed by atoms with Gasteiger partial charge in [0.15, 0.2) is 0 Å². The van der Waals surface area contributed by atoms with Crippen molar-refractivity contribution in [2.75, 3.05) is 13.2 Å². The molecular formula is C16H13BrF3N5O3. The minimum Gasteiger partial charge on any atom is -0.379 e. The monoisotopic (exact) mass is 459 g/mol. The van der Waals surface area contributed by atoms with Crippen LogP contribution in [0, 0.1) is 0 Å². The Labute approximate surface area is 164 Å². The predicted molar refractivity (Wildman–Crippen MR) is 92.4 cm³/mol. The number of alkyl halides is 3. The molecule has 0 aromatic carbocycles. The maximum Gasteiger partial charge on any atom is 0.471 e. The van der Waals surface area contributed by atoms with E-state index in [0.717, 1.165) is 4.47 Å². The van der Waals surface area contributed by atoms with Crippen LogP contribution in [0.3, 0.4) is 0 Å². The minimum atomic E-state index is -4.75. The van der Waals surface area contributed by atoms with E-state index in [9.17, 15) is 18.0 Å². The van der Waals surface area contributed by atoms with E-state index in [1.165, 1.54) is 22.9 Å². The van der Waals surface area contributed by atoms with E-state index in [0.29, 0.717) is 19.6 Å². The minimum absolute atomic E-state index is 0.106. The molecule has 4 rings (SSSR count). The Morgan fingerprint density at radius 1 is 1.29 bits per heavy atom. The predicted octanol–water partition coefficient (Wildman–Crippen LogP) is 3.08. The fourth-order valence-corrected chi connectivity index (χ4v) is 3.44. The molecule has 0 aliphatic carbocycles. The van der Waals surface area contributed by atoms with Crippen molar-refractivity contribution in [1.29, 1.82) is 0 Å². The quantitative estimate of drug-likeness (QED) is 0.597. The van der Waals surface area contributed by atoms with Crippen molar-refractivity contribution >= 4 is 15.9 Å². The number of hydrogen-bond donors (Lipinski definition) is 0. The van der Waals surface area contributed by atoms with Crippen molar-refractivity contribution in [2.24, 2.45) is 0 Å². The van der Waals surface area contributed by atoms with E-state index in [2.05, 4.69) is 35.7 Å². The SMILES string of the molecule is O=c1cc(-c2noc(C(F)(F)F)n2)ccn1C1COCCC1n1cc(Br)cn1. The van der Waals surface area contributed by atoms with Gasteiger partial charge in [-0.15, -0.1) is 0 Å². The summed E-state index contributed by atoms with van der Waals surface area (Å²) in [6.45, 7) is 0.844. The molecule has 0 bridgehead atoms. The lowest BCUT2D eigenvalue weighted by Gasteiger charge is -2.33. The van der Waals surface area contributed by atoms with Crippen LogP contribution >= 0.6 is 15.9 Å². The van der Waals surface area contributed by atoms with Gasteiger partial charge in [-0.2, -0.15) is 23.3 Å². The number of nitrogens with zero attached hydrogens (tertiary/aromatic N) is 5. The molecule has 0 saturated carbocycles. The molecule has 3 aromatic rings. The number of ether oxygens (including phenoxy) is 1. The number of pyridine rings is 1. The van der Waals surface area contributed by atoms with Crippen molar-refractivity contribution in [1.82, 2.24) is 24.5 Å². The molecule has 4 heterocycles. The van der Waals surface area contributed by atoms with Gasteiger partial charge in [0.25, 0.3) is 5.56 Å². The second kappa shape index (κ2) is 7.17. The van der Waals surface area contributed by atoms with Crippen LogP contribution in [0.4, 0.5) is 13.2 Å². The second-order valence-electron chi connectivity index (χ2n) is 6.22.